The van der Waals surface area contributed by atoms with Crippen LogP contribution in [0.1, 0.15) is 18.4 Å². The first-order chi connectivity index (χ1) is 7.79. The molecule has 1 atom stereocenters. The summed E-state index contributed by atoms with van der Waals surface area (Å²) in [6.07, 6.45) is 2.50. The number of benzene rings is 1. The summed E-state index contributed by atoms with van der Waals surface area (Å²) in [7, 11) is 1.98. The molecule has 1 heterocycles. The minimum absolute atomic E-state index is 0.137. The second-order valence-electron chi connectivity index (χ2n) is 4.45. The molecule has 1 N–H and O–H groups in total. The Morgan fingerprint density at radius 3 is 3.12 bits per heavy atom. The van der Waals surface area contributed by atoms with E-state index in [4.69, 9.17) is 0 Å². The molecule has 1 aromatic carbocycles. The van der Waals surface area contributed by atoms with Crippen molar-refractivity contribution in [2.45, 2.75) is 25.4 Å². The lowest BCUT2D eigenvalue weighted by atomic mass is 10.2. The molecule has 0 aliphatic carbocycles. The molecule has 1 saturated heterocycles. The first-order valence-corrected chi connectivity index (χ1v) is 5.92. The van der Waals surface area contributed by atoms with Crippen LogP contribution in [0.2, 0.25) is 0 Å². The Morgan fingerprint density at radius 2 is 2.38 bits per heavy atom. The van der Waals surface area contributed by atoms with Crippen LogP contribution in [0.25, 0.3) is 0 Å². The van der Waals surface area contributed by atoms with Crippen LogP contribution in [0.15, 0.2) is 24.3 Å². The maximum atomic E-state index is 13.1. The summed E-state index contributed by atoms with van der Waals surface area (Å²) in [6.45, 7) is 3.02. The monoisotopic (exact) mass is 222 g/mol. The third-order valence-electron chi connectivity index (χ3n) is 3.21. The molecule has 1 unspecified atom stereocenters. The van der Waals surface area contributed by atoms with Crippen molar-refractivity contribution in [3.8, 4) is 0 Å². The van der Waals surface area contributed by atoms with Gasteiger partial charge in [0.15, 0.2) is 0 Å². The molecule has 1 fully saturated rings. The lowest BCUT2D eigenvalue weighted by Crippen LogP contribution is -2.36. The van der Waals surface area contributed by atoms with Crippen molar-refractivity contribution in [2.24, 2.45) is 0 Å². The highest BCUT2D eigenvalue weighted by atomic mass is 19.1. The van der Waals surface area contributed by atoms with Crippen LogP contribution in [0.5, 0.6) is 0 Å². The second kappa shape index (κ2) is 5.41. The largest absolute Gasteiger partial charge is 0.318 e. The number of hydrogen-bond donors (Lipinski definition) is 1. The van der Waals surface area contributed by atoms with Crippen LogP contribution in [0.3, 0.4) is 0 Å². The number of likely N-dealkylation sites (tertiary alicyclic amines) is 1. The Bertz CT molecular complexity index is 340. The van der Waals surface area contributed by atoms with E-state index in [0.717, 1.165) is 25.2 Å². The van der Waals surface area contributed by atoms with Crippen LogP contribution < -0.4 is 5.32 Å². The second-order valence-corrected chi connectivity index (χ2v) is 4.45. The van der Waals surface area contributed by atoms with Crippen LogP contribution in [-0.2, 0) is 6.54 Å². The molecule has 0 radical (unpaired) electrons. The Hall–Kier alpha value is -0.930. The third-order valence-corrected chi connectivity index (χ3v) is 3.21. The van der Waals surface area contributed by atoms with E-state index in [1.807, 2.05) is 13.1 Å². The first kappa shape index (κ1) is 11.6. The number of rotatable bonds is 4. The minimum Gasteiger partial charge on any atom is -0.318 e. The normalized spacial score (nSPS) is 21.5. The molecule has 3 heteroatoms. The number of hydrogen-bond acceptors (Lipinski definition) is 2. The van der Waals surface area contributed by atoms with Crippen LogP contribution in [-0.4, -0.2) is 31.1 Å². The lowest BCUT2D eigenvalue weighted by molar-refractivity contribution is 0.242. The lowest BCUT2D eigenvalue weighted by Gasteiger charge is -2.24. The highest BCUT2D eigenvalue weighted by Gasteiger charge is 2.23. The molecule has 0 aromatic heterocycles. The number of halogens is 1. The number of nitrogens with zero attached hydrogens (tertiary/aromatic N) is 1. The van der Waals surface area contributed by atoms with E-state index in [0.29, 0.717) is 6.04 Å². The summed E-state index contributed by atoms with van der Waals surface area (Å²) in [4.78, 5) is 2.44. The Kier molecular flexibility index (Phi) is 3.91. The average molecular weight is 222 g/mol. The van der Waals surface area contributed by atoms with Gasteiger partial charge in [-0.25, -0.2) is 4.39 Å². The van der Waals surface area contributed by atoms with Crippen molar-refractivity contribution < 1.29 is 4.39 Å². The fraction of sp³-hybridized carbons (Fsp3) is 0.538. The molecule has 16 heavy (non-hydrogen) atoms. The molecule has 0 bridgehead atoms. The summed E-state index contributed by atoms with van der Waals surface area (Å²) in [5.41, 5.74) is 1.07. The topological polar surface area (TPSA) is 15.3 Å². The summed E-state index contributed by atoms with van der Waals surface area (Å²) >= 11 is 0. The molecular formula is C13H19FN2. The molecular weight excluding hydrogens is 203 g/mol. The van der Waals surface area contributed by atoms with Gasteiger partial charge in [-0.15, -0.1) is 0 Å². The first-order valence-electron chi connectivity index (χ1n) is 5.92. The molecule has 88 valence electrons. The van der Waals surface area contributed by atoms with Gasteiger partial charge in [-0.1, -0.05) is 12.1 Å². The van der Waals surface area contributed by atoms with E-state index in [9.17, 15) is 4.39 Å². The number of likely N-dealkylation sites (N-methyl/N-ethyl adjacent to an activating group) is 1. The molecule has 2 rings (SSSR count). The average Bonchev–Trinajstić information content (AvgIpc) is 2.66. The summed E-state index contributed by atoms with van der Waals surface area (Å²) in [5, 5.41) is 3.22. The van der Waals surface area contributed by atoms with Gasteiger partial charge in [-0.3, -0.25) is 4.90 Å². The van der Waals surface area contributed by atoms with Crippen molar-refractivity contribution >= 4 is 0 Å². The highest BCUT2D eigenvalue weighted by Crippen LogP contribution is 2.19. The van der Waals surface area contributed by atoms with Gasteiger partial charge in [-0.2, -0.15) is 0 Å². The van der Waals surface area contributed by atoms with Gasteiger partial charge in [0.1, 0.15) is 5.82 Å². The zero-order valence-electron chi connectivity index (χ0n) is 9.75. The molecule has 1 aromatic rings. The van der Waals surface area contributed by atoms with E-state index in [1.54, 1.807) is 12.1 Å². The molecule has 1 aliphatic rings. The molecule has 2 nitrogen and oxygen atoms in total. The maximum absolute atomic E-state index is 13.1. The van der Waals surface area contributed by atoms with E-state index in [-0.39, 0.29) is 5.82 Å². The van der Waals surface area contributed by atoms with Crippen molar-refractivity contribution in [3.63, 3.8) is 0 Å². The Balaban J connectivity index is 1.98. The van der Waals surface area contributed by atoms with Gasteiger partial charge in [-0.05, 0) is 44.1 Å². The van der Waals surface area contributed by atoms with E-state index in [1.165, 1.54) is 18.9 Å². The Morgan fingerprint density at radius 1 is 1.50 bits per heavy atom. The molecule has 0 saturated carbocycles. The van der Waals surface area contributed by atoms with E-state index >= 15 is 0 Å². The third kappa shape index (κ3) is 2.80. The predicted octanol–water partition coefficient (Wildman–Crippen LogP) is 2.01. The summed E-state index contributed by atoms with van der Waals surface area (Å²) < 4.78 is 13.1. The zero-order chi connectivity index (χ0) is 11.4. The fourth-order valence-electron chi connectivity index (χ4n) is 2.44. The van der Waals surface area contributed by atoms with Gasteiger partial charge >= 0.3 is 0 Å². The summed E-state index contributed by atoms with van der Waals surface area (Å²) in [5.74, 6) is -0.137. The SMILES string of the molecule is CNCC1CCCN1Cc1cccc(F)c1. The number of nitrogens with one attached hydrogen (secondary N) is 1. The minimum atomic E-state index is -0.137. The van der Waals surface area contributed by atoms with Gasteiger partial charge < -0.3 is 5.32 Å². The van der Waals surface area contributed by atoms with Crippen LogP contribution >= 0.6 is 0 Å². The van der Waals surface area contributed by atoms with Crippen LogP contribution in [0, 0.1) is 5.82 Å². The van der Waals surface area contributed by atoms with Gasteiger partial charge in [0.2, 0.25) is 0 Å². The zero-order valence-corrected chi connectivity index (χ0v) is 9.75. The molecule has 0 amide bonds. The van der Waals surface area contributed by atoms with Gasteiger partial charge in [0, 0.05) is 19.1 Å². The van der Waals surface area contributed by atoms with Crippen LogP contribution in [0.4, 0.5) is 4.39 Å². The summed E-state index contributed by atoms with van der Waals surface area (Å²) in [6, 6.07) is 7.52. The van der Waals surface area contributed by atoms with Crippen molar-refractivity contribution in [3.05, 3.63) is 35.6 Å². The van der Waals surface area contributed by atoms with Gasteiger partial charge in [0.05, 0.1) is 0 Å². The molecule has 0 spiro atoms. The van der Waals surface area contributed by atoms with E-state index in [2.05, 4.69) is 10.2 Å². The smallest absolute Gasteiger partial charge is 0.123 e. The van der Waals surface area contributed by atoms with E-state index < -0.39 is 0 Å². The predicted molar refractivity (Wildman–Crippen MR) is 63.8 cm³/mol. The quantitative estimate of drug-likeness (QED) is 0.838. The van der Waals surface area contributed by atoms with Crippen molar-refractivity contribution in [1.29, 1.82) is 0 Å². The fourth-order valence-corrected chi connectivity index (χ4v) is 2.44. The highest BCUT2D eigenvalue weighted by molar-refractivity contribution is 5.16. The Labute approximate surface area is 96.5 Å². The van der Waals surface area contributed by atoms with Crippen molar-refractivity contribution in [1.82, 2.24) is 10.2 Å². The standard InChI is InChI=1S/C13H19FN2/c1-15-9-13-6-3-7-16(13)10-11-4-2-5-12(14)8-11/h2,4-5,8,13,15H,3,6-7,9-10H2,1H3. The maximum Gasteiger partial charge on any atom is 0.123 e. The van der Waals surface area contributed by atoms with Gasteiger partial charge in [0.25, 0.3) is 0 Å². The van der Waals surface area contributed by atoms with Crippen molar-refractivity contribution in [2.75, 3.05) is 20.1 Å². The molecule has 1 aliphatic heterocycles.